The maximum absolute atomic E-state index is 12.2. The summed E-state index contributed by atoms with van der Waals surface area (Å²) in [4.78, 5) is 13.9. The van der Waals surface area contributed by atoms with Gasteiger partial charge in [-0.05, 0) is 46.1 Å². The highest BCUT2D eigenvalue weighted by atomic mass is 79.9. The highest BCUT2D eigenvalue weighted by Gasteiger charge is 2.22. The summed E-state index contributed by atoms with van der Waals surface area (Å²) < 4.78 is 0.783. The zero-order chi connectivity index (χ0) is 13.9. The molecular weight excluding hydrogens is 316 g/mol. The fourth-order valence-corrected chi connectivity index (χ4v) is 2.06. The number of carbonyl (C=O) groups is 1. The van der Waals surface area contributed by atoms with Crippen molar-refractivity contribution in [3.05, 3.63) is 33.3 Å². The van der Waals surface area contributed by atoms with Gasteiger partial charge in [-0.15, -0.1) is 0 Å². The minimum atomic E-state index is -0.0937. The van der Waals surface area contributed by atoms with Crippen LogP contribution in [-0.4, -0.2) is 30.9 Å². The highest BCUT2D eigenvalue weighted by molar-refractivity contribution is 9.10. The van der Waals surface area contributed by atoms with Crippen molar-refractivity contribution in [2.75, 3.05) is 20.1 Å². The third-order valence-corrected chi connectivity index (χ3v) is 3.96. The standard InChI is InChI=1S/C13H18BrClN2O/c1-13(2,7-16)8-17(3)12(18)9-4-5-10(14)11(15)6-9/h4-6H,7-8,16H2,1-3H3. The fourth-order valence-electron chi connectivity index (χ4n) is 1.63. The number of nitrogens with two attached hydrogens (primary N) is 1. The predicted molar refractivity (Wildman–Crippen MR) is 78.9 cm³/mol. The van der Waals surface area contributed by atoms with Crippen LogP contribution in [0.5, 0.6) is 0 Å². The lowest BCUT2D eigenvalue weighted by atomic mass is 9.93. The molecule has 0 fully saturated rings. The van der Waals surface area contributed by atoms with Crippen LogP contribution in [0.4, 0.5) is 0 Å². The normalized spacial score (nSPS) is 11.4. The number of hydrogen-bond acceptors (Lipinski definition) is 2. The minimum absolute atomic E-state index is 0.0501. The van der Waals surface area contributed by atoms with Crippen LogP contribution in [-0.2, 0) is 0 Å². The van der Waals surface area contributed by atoms with Gasteiger partial charge in [-0.1, -0.05) is 25.4 Å². The maximum Gasteiger partial charge on any atom is 0.253 e. The molecule has 0 aliphatic rings. The molecule has 0 bridgehead atoms. The van der Waals surface area contributed by atoms with E-state index in [0.717, 1.165) is 4.47 Å². The quantitative estimate of drug-likeness (QED) is 0.920. The molecule has 1 rings (SSSR count). The van der Waals surface area contributed by atoms with Gasteiger partial charge < -0.3 is 10.6 Å². The first-order valence-electron chi connectivity index (χ1n) is 5.67. The molecule has 0 aromatic heterocycles. The molecule has 0 aliphatic carbocycles. The van der Waals surface area contributed by atoms with Gasteiger partial charge in [-0.25, -0.2) is 0 Å². The lowest BCUT2D eigenvalue weighted by Crippen LogP contribution is -2.39. The third-order valence-electron chi connectivity index (χ3n) is 2.73. The van der Waals surface area contributed by atoms with Gasteiger partial charge in [0.1, 0.15) is 0 Å². The van der Waals surface area contributed by atoms with Crippen molar-refractivity contribution in [2.45, 2.75) is 13.8 Å². The summed E-state index contributed by atoms with van der Waals surface area (Å²) in [5.74, 6) is -0.0501. The van der Waals surface area contributed by atoms with E-state index >= 15 is 0 Å². The molecule has 1 amide bonds. The number of amides is 1. The van der Waals surface area contributed by atoms with Gasteiger partial charge in [0.15, 0.2) is 0 Å². The van der Waals surface area contributed by atoms with Gasteiger partial charge in [0.2, 0.25) is 0 Å². The van der Waals surface area contributed by atoms with Gasteiger partial charge in [0.25, 0.3) is 5.91 Å². The Morgan fingerprint density at radius 1 is 1.50 bits per heavy atom. The molecule has 3 nitrogen and oxygen atoms in total. The molecule has 0 heterocycles. The van der Waals surface area contributed by atoms with Crippen molar-refractivity contribution in [3.63, 3.8) is 0 Å². The monoisotopic (exact) mass is 332 g/mol. The van der Waals surface area contributed by atoms with E-state index in [1.165, 1.54) is 0 Å². The lowest BCUT2D eigenvalue weighted by Gasteiger charge is -2.29. The molecule has 2 N–H and O–H groups in total. The molecule has 0 saturated carbocycles. The molecule has 0 spiro atoms. The first-order valence-corrected chi connectivity index (χ1v) is 6.84. The first kappa shape index (κ1) is 15.5. The van der Waals surface area contributed by atoms with Crippen LogP contribution in [0.3, 0.4) is 0 Å². The van der Waals surface area contributed by atoms with Crippen molar-refractivity contribution in [2.24, 2.45) is 11.1 Å². The summed E-state index contributed by atoms with van der Waals surface area (Å²) in [6, 6.07) is 5.20. The second-order valence-electron chi connectivity index (χ2n) is 5.16. The minimum Gasteiger partial charge on any atom is -0.341 e. The zero-order valence-corrected chi connectivity index (χ0v) is 13.2. The van der Waals surface area contributed by atoms with Gasteiger partial charge in [-0.3, -0.25) is 4.79 Å². The van der Waals surface area contributed by atoms with E-state index in [2.05, 4.69) is 15.9 Å². The van der Waals surface area contributed by atoms with Crippen LogP contribution in [0, 0.1) is 5.41 Å². The van der Waals surface area contributed by atoms with E-state index in [1.54, 1.807) is 30.1 Å². The van der Waals surface area contributed by atoms with Crippen LogP contribution in [0.1, 0.15) is 24.2 Å². The molecule has 1 aromatic carbocycles. The van der Waals surface area contributed by atoms with Gasteiger partial charge >= 0.3 is 0 Å². The summed E-state index contributed by atoms with van der Waals surface area (Å²) in [5.41, 5.74) is 6.16. The topological polar surface area (TPSA) is 46.3 Å². The molecular formula is C13H18BrClN2O. The Morgan fingerprint density at radius 3 is 2.61 bits per heavy atom. The number of hydrogen-bond donors (Lipinski definition) is 1. The molecule has 100 valence electrons. The second-order valence-corrected chi connectivity index (χ2v) is 6.42. The largest absolute Gasteiger partial charge is 0.341 e. The smallest absolute Gasteiger partial charge is 0.253 e. The predicted octanol–water partition coefficient (Wildman–Crippen LogP) is 3.16. The Labute approximate surface area is 121 Å². The van der Waals surface area contributed by atoms with Crippen LogP contribution in [0.25, 0.3) is 0 Å². The summed E-state index contributed by atoms with van der Waals surface area (Å²) in [6.07, 6.45) is 0. The Bertz CT molecular complexity index is 449. The van der Waals surface area contributed by atoms with Crippen LogP contribution in [0.15, 0.2) is 22.7 Å². The Morgan fingerprint density at radius 2 is 2.11 bits per heavy atom. The van der Waals surface area contributed by atoms with E-state index < -0.39 is 0 Å². The average Bonchev–Trinajstić information content (AvgIpc) is 2.31. The molecule has 1 aromatic rings. The Balaban J connectivity index is 2.83. The van der Waals surface area contributed by atoms with Gasteiger partial charge in [0.05, 0.1) is 5.02 Å². The SMILES string of the molecule is CN(CC(C)(C)CN)C(=O)c1ccc(Br)c(Cl)c1. The fraction of sp³-hybridized carbons (Fsp3) is 0.462. The van der Waals surface area contributed by atoms with E-state index in [-0.39, 0.29) is 11.3 Å². The first-order chi connectivity index (χ1) is 8.26. The van der Waals surface area contributed by atoms with Crippen molar-refractivity contribution in [1.82, 2.24) is 4.90 Å². The van der Waals surface area contributed by atoms with Crippen LogP contribution < -0.4 is 5.73 Å². The van der Waals surface area contributed by atoms with E-state index in [1.807, 2.05) is 13.8 Å². The maximum atomic E-state index is 12.2. The molecule has 0 atom stereocenters. The van der Waals surface area contributed by atoms with E-state index in [0.29, 0.717) is 23.7 Å². The van der Waals surface area contributed by atoms with Crippen LogP contribution in [0.2, 0.25) is 5.02 Å². The van der Waals surface area contributed by atoms with E-state index in [4.69, 9.17) is 17.3 Å². The summed E-state index contributed by atoms with van der Waals surface area (Å²) in [6.45, 7) is 5.21. The molecule has 0 aliphatic heterocycles. The molecule has 0 saturated heterocycles. The summed E-state index contributed by atoms with van der Waals surface area (Å²) in [7, 11) is 1.77. The van der Waals surface area contributed by atoms with Crippen molar-refractivity contribution < 1.29 is 4.79 Å². The average molecular weight is 334 g/mol. The highest BCUT2D eigenvalue weighted by Crippen LogP contribution is 2.24. The Hall–Kier alpha value is -0.580. The number of halogens is 2. The lowest BCUT2D eigenvalue weighted by molar-refractivity contribution is 0.0740. The summed E-state index contributed by atoms with van der Waals surface area (Å²) >= 11 is 9.29. The molecule has 5 heteroatoms. The third kappa shape index (κ3) is 3.97. The van der Waals surface area contributed by atoms with Crippen molar-refractivity contribution in [3.8, 4) is 0 Å². The van der Waals surface area contributed by atoms with Crippen molar-refractivity contribution >= 4 is 33.4 Å². The van der Waals surface area contributed by atoms with E-state index in [9.17, 15) is 4.79 Å². The van der Waals surface area contributed by atoms with Crippen molar-refractivity contribution in [1.29, 1.82) is 0 Å². The Kier molecular flexibility index (Phi) is 5.20. The molecule has 18 heavy (non-hydrogen) atoms. The molecule has 0 radical (unpaired) electrons. The van der Waals surface area contributed by atoms with Crippen LogP contribution >= 0.6 is 27.5 Å². The number of rotatable bonds is 4. The summed E-state index contributed by atoms with van der Waals surface area (Å²) in [5, 5.41) is 0.535. The number of benzene rings is 1. The number of nitrogens with zero attached hydrogens (tertiary/aromatic N) is 1. The van der Waals surface area contributed by atoms with Gasteiger partial charge in [-0.2, -0.15) is 0 Å². The molecule has 0 unspecified atom stereocenters. The zero-order valence-electron chi connectivity index (χ0n) is 10.8. The second kappa shape index (κ2) is 6.04. The van der Waals surface area contributed by atoms with Gasteiger partial charge in [0, 0.05) is 23.6 Å². The number of carbonyl (C=O) groups excluding carboxylic acids is 1.